The summed E-state index contributed by atoms with van der Waals surface area (Å²) in [5, 5.41) is 0. The van der Waals surface area contributed by atoms with Gasteiger partial charge in [0, 0.05) is 0 Å². The second kappa shape index (κ2) is 5.56. The molecule has 0 nitrogen and oxygen atoms in total. The van der Waals surface area contributed by atoms with Gasteiger partial charge in [-0.1, -0.05) is 48.5 Å². The molecule has 0 heterocycles. The molecule has 2 fully saturated rings. The molecule has 0 saturated heterocycles. The molecule has 0 aromatic carbocycles. The molecule has 4 unspecified atom stereocenters. The van der Waals surface area contributed by atoms with Crippen LogP contribution in [-0.2, 0) is 0 Å². The van der Waals surface area contributed by atoms with Crippen molar-refractivity contribution >= 4 is 0 Å². The van der Waals surface area contributed by atoms with Gasteiger partial charge in [0.2, 0.25) is 0 Å². The highest BCUT2D eigenvalue weighted by Crippen LogP contribution is 2.48. The summed E-state index contributed by atoms with van der Waals surface area (Å²) >= 11 is 0. The van der Waals surface area contributed by atoms with Gasteiger partial charge in [0.25, 0.3) is 0 Å². The van der Waals surface area contributed by atoms with Crippen LogP contribution in [0.1, 0.15) is 61.3 Å². The molecule has 2 saturated carbocycles. The lowest BCUT2D eigenvalue weighted by molar-refractivity contribution is 0.448. The van der Waals surface area contributed by atoms with Crippen LogP contribution in [0.4, 0.5) is 0 Å². The van der Waals surface area contributed by atoms with Crippen molar-refractivity contribution in [1.82, 2.24) is 0 Å². The predicted octanol–water partition coefficient (Wildman–Crippen LogP) is 5.23. The number of rotatable bonds is 3. The molecule has 0 heteroatoms. The molecular formula is C16H32. The zero-order valence-corrected chi connectivity index (χ0v) is 12.5. The molecule has 0 aromatic rings. The molecule has 0 aliphatic heterocycles. The Hall–Kier alpha value is 0. The molecule has 96 valence electrons. The van der Waals surface area contributed by atoms with E-state index >= 15 is 0 Å². The van der Waals surface area contributed by atoms with Crippen LogP contribution >= 0.6 is 0 Å². The van der Waals surface area contributed by atoms with Crippen LogP contribution in [0.2, 0.25) is 0 Å². The lowest BCUT2D eigenvalue weighted by Crippen LogP contribution is -1.97. The highest BCUT2D eigenvalue weighted by Gasteiger charge is 2.40. The molecule has 0 N–H and O–H groups in total. The smallest absolute Gasteiger partial charge is 0.0357 e. The minimum atomic E-state index is 0.928. The molecule has 2 aliphatic carbocycles. The third-order valence-electron chi connectivity index (χ3n) is 4.63. The Morgan fingerprint density at radius 2 is 0.938 bits per heavy atom. The van der Waals surface area contributed by atoms with E-state index in [4.69, 9.17) is 0 Å². The van der Waals surface area contributed by atoms with Crippen LogP contribution in [0.5, 0.6) is 0 Å². The van der Waals surface area contributed by atoms with Crippen molar-refractivity contribution in [2.24, 2.45) is 41.4 Å². The second-order valence-electron chi connectivity index (χ2n) is 7.17. The monoisotopic (exact) mass is 224 g/mol. The zero-order chi connectivity index (χ0) is 12.5. The zero-order valence-electron chi connectivity index (χ0n) is 12.5. The fraction of sp³-hybridized carbons (Fsp3) is 1.00. The van der Waals surface area contributed by atoms with E-state index in [9.17, 15) is 0 Å². The van der Waals surface area contributed by atoms with Crippen LogP contribution in [0.15, 0.2) is 0 Å². The normalized spacial score (nSPS) is 36.4. The standard InChI is InChI=1S/C9H18.C7H14/c1-6(2)8-5-9(8)7(3)4;1-5(2)7-4-6(7)3/h6-9H,5H2,1-4H3;5-7H,4H2,1-3H3. The van der Waals surface area contributed by atoms with Gasteiger partial charge in [-0.3, -0.25) is 0 Å². The highest BCUT2D eigenvalue weighted by atomic mass is 14.5. The summed E-state index contributed by atoms with van der Waals surface area (Å²) in [6.45, 7) is 16.3. The first-order chi connectivity index (χ1) is 7.34. The SMILES string of the molecule is CC(C)C1CC1C.CC(C)C1CC1C(C)C. The average Bonchev–Trinajstić information content (AvgIpc) is 2.94. The maximum absolute atomic E-state index is 2.34. The Balaban J connectivity index is 0.000000165. The van der Waals surface area contributed by atoms with Crippen molar-refractivity contribution in [2.75, 3.05) is 0 Å². The molecule has 0 radical (unpaired) electrons. The largest absolute Gasteiger partial charge is 0.0625 e. The number of hydrogen-bond donors (Lipinski definition) is 0. The summed E-state index contributed by atoms with van der Waals surface area (Å²) in [5.41, 5.74) is 0. The highest BCUT2D eigenvalue weighted by molar-refractivity contribution is 4.89. The van der Waals surface area contributed by atoms with Gasteiger partial charge in [-0.25, -0.2) is 0 Å². The molecule has 2 aliphatic rings. The summed E-state index contributed by atoms with van der Waals surface area (Å²) in [6.07, 6.45) is 2.98. The third-order valence-corrected chi connectivity index (χ3v) is 4.63. The quantitative estimate of drug-likeness (QED) is 0.615. The Morgan fingerprint density at radius 1 is 0.625 bits per heavy atom. The average molecular weight is 224 g/mol. The van der Waals surface area contributed by atoms with Crippen LogP contribution in [0.3, 0.4) is 0 Å². The van der Waals surface area contributed by atoms with Crippen molar-refractivity contribution in [3.05, 3.63) is 0 Å². The Labute approximate surface area is 103 Å². The van der Waals surface area contributed by atoms with Gasteiger partial charge in [0.05, 0.1) is 0 Å². The predicted molar refractivity (Wildman–Crippen MR) is 73.4 cm³/mol. The van der Waals surface area contributed by atoms with E-state index in [2.05, 4.69) is 48.5 Å². The molecule has 2 rings (SSSR count). The molecule has 0 spiro atoms. The maximum atomic E-state index is 2.34. The van der Waals surface area contributed by atoms with Crippen molar-refractivity contribution in [3.63, 3.8) is 0 Å². The first kappa shape index (κ1) is 14.1. The van der Waals surface area contributed by atoms with E-state index < -0.39 is 0 Å². The van der Waals surface area contributed by atoms with Crippen LogP contribution < -0.4 is 0 Å². The minimum absolute atomic E-state index is 0.928. The topological polar surface area (TPSA) is 0 Å². The van der Waals surface area contributed by atoms with E-state index in [0.717, 1.165) is 41.4 Å². The van der Waals surface area contributed by atoms with E-state index in [1.807, 2.05) is 0 Å². The van der Waals surface area contributed by atoms with Gasteiger partial charge >= 0.3 is 0 Å². The summed E-state index contributed by atoms with van der Waals surface area (Å²) in [6, 6.07) is 0. The lowest BCUT2D eigenvalue weighted by Gasteiger charge is -2.04. The van der Waals surface area contributed by atoms with Crippen LogP contribution in [-0.4, -0.2) is 0 Å². The summed E-state index contributed by atoms with van der Waals surface area (Å²) in [4.78, 5) is 0. The van der Waals surface area contributed by atoms with Gasteiger partial charge < -0.3 is 0 Å². The Kier molecular flexibility index (Phi) is 4.88. The third kappa shape index (κ3) is 4.11. The molecule has 16 heavy (non-hydrogen) atoms. The first-order valence-corrected chi connectivity index (χ1v) is 7.34. The van der Waals surface area contributed by atoms with Gasteiger partial charge in [0.15, 0.2) is 0 Å². The lowest BCUT2D eigenvalue weighted by atomic mass is 10.0. The molecule has 0 bridgehead atoms. The van der Waals surface area contributed by atoms with Crippen LogP contribution in [0, 0.1) is 41.4 Å². The minimum Gasteiger partial charge on any atom is -0.0625 e. The van der Waals surface area contributed by atoms with Crippen molar-refractivity contribution in [1.29, 1.82) is 0 Å². The van der Waals surface area contributed by atoms with Crippen LogP contribution in [0.25, 0.3) is 0 Å². The van der Waals surface area contributed by atoms with Gasteiger partial charge in [-0.05, 0) is 54.3 Å². The molecule has 0 aromatic heterocycles. The Morgan fingerprint density at radius 3 is 1.00 bits per heavy atom. The summed E-state index contributed by atoms with van der Waals surface area (Å²) < 4.78 is 0. The van der Waals surface area contributed by atoms with E-state index in [-0.39, 0.29) is 0 Å². The number of hydrogen-bond acceptors (Lipinski definition) is 0. The first-order valence-electron chi connectivity index (χ1n) is 7.34. The van der Waals surface area contributed by atoms with Gasteiger partial charge in [-0.2, -0.15) is 0 Å². The van der Waals surface area contributed by atoms with Crippen molar-refractivity contribution in [2.45, 2.75) is 61.3 Å². The van der Waals surface area contributed by atoms with Gasteiger partial charge in [0.1, 0.15) is 0 Å². The molecule has 0 amide bonds. The molecule has 4 atom stereocenters. The van der Waals surface area contributed by atoms with Gasteiger partial charge in [-0.15, -0.1) is 0 Å². The fourth-order valence-electron chi connectivity index (χ4n) is 3.05. The van der Waals surface area contributed by atoms with E-state index in [1.54, 1.807) is 0 Å². The summed E-state index contributed by atoms with van der Waals surface area (Å²) in [7, 11) is 0. The Bertz CT molecular complexity index is 190. The molecular weight excluding hydrogens is 192 g/mol. The van der Waals surface area contributed by atoms with E-state index in [0.29, 0.717) is 0 Å². The maximum Gasteiger partial charge on any atom is -0.0357 e. The summed E-state index contributed by atoms with van der Waals surface area (Å²) in [5.74, 6) is 7.03. The van der Waals surface area contributed by atoms with Crippen molar-refractivity contribution in [3.8, 4) is 0 Å². The second-order valence-corrected chi connectivity index (χ2v) is 7.17. The fourth-order valence-corrected chi connectivity index (χ4v) is 3.05. The van der Waals surface area contributed by atoms with E-state index in [1.165, 1.54) is 12.8 Å². The van der Waals surface area contributed by atoms with Crippen molar-refractivity contribution < 1.29 is 0 Å².